The third kappa shape index (κ3) is 1.74. The second-order valence-corrected chi connectivity index (χ2v) is 5.96. The third-order valence-electron chi connectivity index (χ3n) is 4.34. The highest BCUT2D eigenvalue weighted by Crippen LogP contribution is 2.38. The molecule has 1 aliphatic rings. The van der Waals surface area contributed by atoms with Gasteiger partial charge in [0, 0.05) is 23.8 Å². The smallest absolute Gasteiger partial charge is 0.198 e. The number of nitriles is 1. The molecule has 0 fully saturated rings. The maximum absolute atomic E-state index is 8.88. The first kappa shape index (κ1) is 12.9. The van der Waals surface area contributed by atoms with Gasteiger partial charge in [0.1, 0.15) is 0 Å². The van der Waals surface area contributed by atoms with Gasteiger partial charge in [-0.25, -0.2) is 0 Å². The number of aryl methyl sites for hydroxylation is 1. The van der Waals surface area contributed by atoms with Crippen LogP contribution in [0.15, 0.2) is 36.5 Å². The summed E-state index contributed by atoms with van der Waals surface area (Å²) in [4.78, 5) is 0. The van der Waals surface area contributed by atoms with Gasteiger partial charge in [-0.3, -0.25) is 0 Å². The summed E-state index contributed by atoms with van der Waals surface area (Å²) in [5.41, 5.74) is 6.38. The van der Waals surface area contributed by atoms with Crippen molar-refractivity contribution in [3.05, 3.63) is 58.9 Å². The molecule has 0 aliphatic carbocycles. The third-order valence-corrected chi connectivity index (χ3v) is 4.34. The highest BCUT2D eigenvalue weighted by atomic mass is 15.0. The van der Waals surface area contributed by atoms with Gasteiger partial charge in [-0.2, -0.15) is 9.83 Å². The molecule has 2 heterocycles. The zero-order valence-corrected chi connectivity index (χ0v) is 12.3. The van der Waals surface area contributed by atoms with Crippen molar-refractivity contribution in [2.45, 2.75) is 39.0 Å². The molecule has 1 aliphatic heterocycles. The first-order valence-corrected chi connectivity index (χ1v) is 7.13. The topological polar surface area (TPSA) is 27.7 Å². The molecule has 2 heteroatoms. The molecule has 2 nitrogen and oxygen atoms in total. The Morgan fingerprint density at radius 3 is 2.65 bits per heavy atom. The maximum Gasteiger partial charge on any atom is 0.215 e. The zero-order valence-electron chi connectivity index (χ0n) is 12.3. The van der Waals surface area contributed by atoms with Gasteiger partial charge in [-0.1, -0.05) is 13.0 Å². The molecule has 3 rings (SSSR count). The van der Waals surface area contributed by atoms with Crippen LogP contribution >= 0.6 is 0 Å². The fourth-order valence-electron chi connectivity index (χ4n) is 3.09. The van der Waals surface area contributed by atoms with Crippen molar-refractivity contribution in [2.24, 2.45) is 0 Å². The molecule has 100 valence electrons. The molecular weight excluding hydrogens is 244 g/mol. The Balaban J connectivity index is 2.21. The molecule has 0 atom stereocenters. The van der Waals surface area contributed by atoms with Crippen molar-refractivity contribution in [1.82, 2.24) is 0 Å². The summed E-state index contributed by atoms with van der Waals surface area (Å²) in [5.74, 6) is 0. The predicted molar refractivity (Wildman–Crippen MR) is 78.8 cm³/mol. The fraction of sp³-hybridized carbons (Fsp3) is 0.333. The average Bonchev–Trinajstić information content (AvgIpc) is 2.68. The summed E-state index contributed by atoms with van der Waals surface area (Å²) in [6.07, 6.45) is 3.63. The van der Waals surface area contributed by atoms with Crippen LogP contribution in [0.2, 0.25) is 0 Å². The van der Waals surface area contributed by atoms with Crippen molar-refractivity contribution < 1.29 is 4.57 Å². The lowest BCUT2D eigenvalue weighted by molar-refractivity contribution is -0.599. The predicted octanol–water partition coefficient (Wildman–Crippen LogP) is 3.23. The van der Waals surface area contributed by atoms with Crippen LogP contribution in [0, 0.1) is 11.3 Å². The van der Waals surface area contributed by atoms with Gasteiger partial charge in [-0.05, 0) is 37.5 Å². The standard InChI is InChI=1S/C18H19N2/c1-4-13-5-6-16-15(11-13)18(2,3)17-12-14(7-9-19)8-10-20(16)17/h5-6,8,10-12H,4,7H2,1-3H3/q+1. The van der Waals surface area contributed by atoms with E-state index in [9.17, 15) is 0 Å². The highest BCUT2D eigenvalue weighted by molar-refractivity contribution is 5.50. The lowest BCUT2D eigenvalue weighted by Gasteiger charge is -2.15. The number of rotatable bonds is 2. The number of benzene rings is 1. The van der Waals surface area contributed by atoms with Crippen molar-refractivity contribution in [2.75, 3.05) is 0 Å². The van der Waals surface area contributed by atoms with Gasteiger partial charge in [0.15, 0.2) is 11.9 Å². The molecule has 1 aromatic carbocycles. The van der Waals surface area contributed by atoms with E-state index in [-0.39, 0.29) is 5.41 Å². The molecular formula is C18H19N2+. The molecule has 0 amide bonds. The number of hydrogen-bond donors (Lipinski definition) is 0. The van der Waals surface area contributed by atoms with Gasteiger partial charge in [0.05, 0.1) is 17.9 Å². The van der Waals surface area contributed by atoms with Crippen LogP contribution in [0.25, 0.3) is 5.69 Å². The van der Waals surface area contributed by atoms with E-state index in [4.69, 9.17) is 5.26 Å². The van der Waals surface area contributed by atoms with Gasteiger partial charge in [0.2, 0.25) is 5.69 Å². The summed E-state index contributed by atoms with van der Waals surface area (Å²) < 4.78 is 2.26. The number of fused-ring (bicyclic) bond motifs is 3. The summed E-state index contributed by atoms with van der Waals surface area (Å²) in [6.45, 7) is 6.72. The molecule has 20 heavy (non-hydrogen) atoms. The van der Waals surface area contributed by atoms with E-state index < -0.39 is 0 Å². The average molecular weight is 263 g/mol. The Morgan fingerprint density at radius 1 is 1.15 bits per heavy atom. The van der Waals surface area contributed by atoms with Crippen LogP contribution in [0.5, 0.6) is 0 Å². The van der Waals surface area contributed by atoms with Crippen molar-refractivity contribution >= 4 is 0 Å². The second-order valence-electron chi connectivity index (χ2n) is 5.96. The van der Waals surface area contributed by atoms with E-state index in [0.717, 1.165) is 12.0 Å². The molecule has 0 unspecified atom stereocenters. The number of hydrogen-bond acceptors (Lipinski definition) is 1. The molecule has 0 N–H and O–H groups in total. The van der Waals surface area contributed by atoms with Crippen LogP contribution in [-0.4, -0.2) is 0 Å². The molecule has 1 aromatic heterocycles. The number of pyridine rings is 1. The Labute approximate surface area is 120 Å². The molecule has 0 radical (unpaired) electrons. The van der Waals surface area contributed by atoms with Crippen LogP contribution in [0.3, 0.4) is 0 Å². The van der Waals surface area contributed by atoms with E-state index in [1.54, 1.807) is 0 Å². The Morgan fingerprint density at radius 2 is 1.95 bits per heavy atom. The normalized spacial score (nSPS) is 14.5. The lowest BCUT2D eigenvalue weighted by Crippen LogP contribution is -2.34. The van der Waals surface area contributed by atoms with E-state index >= 15 is 0 Å². The van der Waals surface area contributed by atoms with Crippen molar-refractivity contribution in [3.63, 3.8) is 0 Å². The lowest BCUT2D eigenvalue weighted by atomic mass is 9.82. The van der Waals surface area contributed by atoms with Gasteiger partial charge >= 0.3 is 0 Å². The quantitative estimate of drug-likeness (QED) is 0.764. The molecule has 0 saturated heterocycles. The summed E-state index contributed by atoms with van der Waals surface area (Å²) in [6, 6.07) is 13.2. The van der Waals surface area contributed by atoms with E-state index in [1.165, 1.54) is 22.5 Å². The highest BCUT2D eigenvalue weighted by Gasteiger charge is 2.43. The van der Waals surface area contributed by atoms with Crippen molar-refractivity contribution in [3.8, 4) is 11.8 Å². The SMILES string of the molecule is CCc1ccc2c(c1)C(C)(C)c1cc(CC#N)cc[n+]1-2. The fourth-order valence-corrected chi connectivity index (χ4v) is 3.09. The second kappa shape index (κ2) is 4.45. The minimum atomic E-state index is -0.00796. The van der Waals surface area contributed by atoms with E-state index in [0.29, 0.717) is 6.42 Å². The minimum absolute atomic E-state index is 0.00796. The maximum atomic E-state index is 8.88. The Bertz CT molecular complexity index is 721. The summed E-state index contributed by atoms with van der Waals surface area (Å²) in [7, 11) is 0. The van der Waals surface area contributed by atoms with Crippen LogP contribution in [-0.2, 0) is 18.3 Å². The van der Waals surface area contributed by atoms with E-state index in [2.05, 4.69) is 61.9 Å². The summed E-state index contributed by atoms with van der Waals surface area (Å²) in [5, 5.41) is 8.88. The minimum Gasteiger partial charge on any atom is -0.198 e. The number of aromatic nitrogens is 1. The van der Waals surface area contributed by atoms with E-state index in [1.807, 2.05) is 6.07 Å². The largest absolute Gasteiger partial charge is 0.215 e. The molecule has 0 bridgehead atoms. The number of nitrogens with zero attached hydrogens (tertiary/aromatic N) is 2. The first-order valence-electron chi connectivity index (χ1n) is 7.13. The zero-order chi connectivity index (χ0) is 14.3. The van der Waals surface area contributed by atoms with Gasteiger partial charge in [0.25, 0.3) is 0 Å². The van der Waals surface area contributed by atoms with Gasteiger partial charge in [-0.15, -0.1) is 0 Å². The monoisotopic (exact) mass is 263 g/mol. The van der Waals surface area contributed by atoms with Crippen LogP contribution in [0.1, 0.15) is 43.2 Å². The summed E-state index contributed by atoms with van der Waals surface area (Å²) >= 11 is 0. The van der Waals surface area contributed by atoms with Gasteiger partial charge < -0.3 is 0 Å². The van der Waals surface area contributed by atoms with Crippen LogP contribution < -0.4 is 4.57 Å². The Kier molecular flexibility index (Phi) is 2.87. The van der Waals surface area contributed by atoms with Crippen LogP contribution in [0.4, 0.5) is 0 Å². The van der Waals surface area contributed by atoms with Crippen molar-refractivity contribution in [1.29, 1.82) is 5.26 Å². The molecule has 0 saturated carbocycles. The first-order chi connectivity index (χ1) is 9.57. The molecule has 2 aromatic rings. The molecule has 0 spiro atoms. The Hall–Kier alpha value is -2.14.